The first kappa shape index (κ1) is 13.1. The summed E-state index contributed by atoms with van der Waals surface area (Å²) in [5.41, 5.74) is 8.30. The largest absolute Gasteiger partial charge is 0.342 e. The van der Waals surface area contributed by atoms with E-state index in [4.69, 9.17) is 5.73 Å². The van der Waals surface area contributed by atoms with Gasteiger partial charge in [-0.25, -0.2) is 0 Å². The summed E-state index contributed by atoms with van der Waals surface area (Å²) in [6, 6.07) is 8.33. The van der Waals surface area contributed by atoms with Gasteiger partial charge >= 0.3 is 0 Å². The highest BCUT2D eigenvalue weighted by Gasteiger charge is 2.26. The molecule has 2 rings (SSSR count). The lowest BCUT2D eigenvalue weighted by Crippen LogP contribution is -2.48. The molecule has 18 heavy (non-hydrogen) atoms. The average molecular weight is 246 g/mol. The lowest BCUT2D eigenvalue weighted by Gasteiger charge is -2.35. The van der Waals surface area contributed by atoms with Crippen LogP contribution < -0.4 is 5.73 Å². The van der Waals surface area contributed by atoms with E-state index in [9.17, 15) is 4.79 Å². The summed E-state index contributed by atoms with van der Waals surface area (Å²) in [5.74, 6) is 0.627. The molecule has 0 bridgehead atoms. The molecule has 1 aliphatic rings. The number of nitrogens with zero attached hydrogens (tertiary/aromatic N) is 1. The van der Waals surface area contributed by atoms with Crippen molar-refractivity contribution in [1.82, 2.24) is 4.90 Å². The molecule has 1 heterocycles. The van der Waals surface area contributed by atoms with Crippen LogP contribution in [-0.2, 0) is 11.2 Å². The fourth-order valence-electron chi connectivity index (χ4n) is 2.47. The maximum absolute atomic E-state index is 12.3. The molecule has 1 saturated heterocycles. The van der Waals surface area contributed by atoms with Crippen LogP contribution in [0.3, 0.4) is 0 Å². The quantitative estimate of drug-likeness (QED) is 0.864. The second kappa shape index (κ2) is 5.53. The molecule has 0 aromatic heterocycles. The molecule has 1 fully saturated rings. The Balaban J connectivity index is 1.99. The number of benzene rings is 1. The fourth-order valence-corrected chi connectivity index (χ4v) is 2.47. The minimum absolute atomic E-state index is 0.225. The van der Waals surface area contributed by atoms with E-state index >= 15 is 0 Å². The Labute approximate surface area is 109 Å². The van der Waals surface area contributed by atoms with Gasteiger partial charge in [0.05, 0.1) is 6.42 Å². The van der Waals surface area contributed by atoms with Gasteiger partial charge in [-0.15, -0.1) is 0 Å². The van der Waals surface area contributed by atoms with Gasteiger partial charge in [0, 0.05) is 19.1 Å². The van der Waals surface area contributed by atoms with Crippen LogP contribution >= 0.6 is 0 Å². The summed E-state index contributed by atoms with van der Waals surface area (Å²) in [7, 11) is 0. The third kappa shape index (κ3) is 2.91. The minimum atomic E-state index is 0.225. The third-order valence-corrected chi connectivity index (χ3v) is 3.93. The van der Waals surface area contributed by atoms with Crippen LogP contribution in [0.5, 0.6) is 0 Å². The molecule has 1 aromatic carbocycles. The maximum Gasteiger partial charge on any atom is 0.227 e. The molecule has 0 radical (unpaired) electrons. The molecule has 0 aliphatic carbocycles. The fraction of sp³-hybridized carbons (Fsp3) is 0.533. The van der Waals surface area contributed by atoms with Crippen LogP contribution in [0.25, 0.3) is 0 Å². The average Bonchev–Trinajstić information content (AvgIpc) is 2.35. The van der Waals surface area contributed by atoms with Gasteiger partial charge in [0.25, 0.3) is 0 Å². The van der Waals surface area contributed by atoms with Crippen LogP contribution in [0.2, 0.25) is 0 Å². The smallest absolute Gasteiger partial charge is 0.227 e. The topological polar surface area (TPSA) is 46.3 Å². The highest BCUT2D eigenvalue weighted by molar-refractivity contribution is 5.79. The Kier molecular flexibility index (Phi) is 4.02. The second-order valence-electron chi connectivity index (χ2n) is 5.37. The Morgan fingerprint density at radius 2 is 2.17 bits per heavy atom. The van der Waals surface area contributed by atoms with Crippen molar-refractivity contribution in [2.75, 3.05) is 13.1 Å². The van der Waals surface area contributed by atoms with Gasteiger partial charge in [-0.2, -0.15) is 0 Å². The number of aryl methyl sites for hydroxylation is 1. The molecule has 2 atom stereocenters. The number of nitrogens with two attached hydrogens (primary N) is 1. The van der Waals surface area contributed by atoms with Crippen LogP contribution in [0.4, 0.5) is 0 Å². The van der Waals surface area contributed by atoms with E-state index < -0.39 is 0 Å². The Morgan fingerprint density at radius 3 is 2.83 bits per heavy atom. The summed E-state index contributed by atoms with van der Waals surface area (Å²) in [6.07, 6.45) is 1.43. The number of amides is 1. The maximum atomic E-state index is 12.3. The van der Waals surface area contributed by atoms with E-state index in [1.807, 2.05) is 23.1 Å². The van der Waals surface area contributed by atoms with Crippen molar-refractivity contribution in [3.63, 3.8) is 0 Å². The lowest BCUT2D eigenvalue weighted by molar-refractivity contribution is -0.132. The molecular weight excluding hydrogens is 224 g/mol. The standard InChI is InChI=1S/C15H22N2O/c1-11-5-3-4-6-13(11)9-15(18)17-8-7-14(16)12(2)10-17/h3-6,12,14H,7-10,16H2,1-2H3. The van der Waals surface area contributed by atoms with E-state index in [2.05, 4.69) is 19.9 Å². The Bertz CT molecular complexity index is 430. The van der Waals surface area contributed by atoms with Crippen LogP contribution in [-0.4, -0.2) is 29.9 Å². The summed E-state index contributed by atoms with van der Waals surface area (Å²) < 4.78 is 0. The van der Waals surface area contributed by atoms with E-state index in [1.165, 1.54) is 5.56 Å². The number of rotatable bonds is 2. The first-order chi connectivity index (χ1) is 8.58. The van der Waals surface area contributed by atoms with Gasteiger partial charge in [-0.1, -0.05) is 31.2 Å². The predicted molar refractivity (Wildman–Crippen MR) is 73.2 cm³/mol. The number of piperidine rings is 1. The minimum Gasteiger partial charge on any atom is -0.342 e. The Morgan fingerprint density at radius 1 is 1.44 bits per heavy atom. The zero-order valence-electron chi connectivity index (χ0n) is 11.2. The van der Waals surface area contributed by atoms with Crippen LogP contribution in [0.15, 0.2) is 24.3 Å². The lowest BCUT2D eigenvalue weighted by atomic mass is 9.94. The first-order valence-corrected chi connectivity index (χ1v) is 6.66. The predicted octanol–water partition coefficient (Wildman–Crippen LogP) is 1.73. The third-order valence-electron chi connectivity index (χ3n) is 3.93. The van der Waals surface area contributed by atoms with Crippen molar-refractivity contribution in [1.29, 1.82) is 0 Å². The van der Waals surface area contributed by atoms with Gasteiger partial charge in [-0.05, 0) is 30.4 Å². The van der Waals surface area contributed by atoms with Gasteiger partial charge in [0.1, 0.15) is 0 Å². The van der Waals surface area contributed by atoms with Gasteiger partial charge in [0.15, 0.2) is 0 Å². The number of carbonyl (C=O) groups is 1. The monoisotopic (exact) mass is 246 g/mol. The van der Waals surface area contributed by atoms with Gasteiger partial charge < -0.3 is 10.6 Å². The number of likely N-dealkylation sites (tertiary alicyclic amines) is 1. The van der Waals surface area contributed by atoms with E-state index in [0.29, 0.717) is 12.3 Å². The van der Waals surface area contributed by atoms with E-state index in [-0.39, 0.29) is 11.9 Å². The number of hydrogen-bond acceptors (Lipinski definition) is 2. The molecule has 98 valence electrons. The summed E-state index contributed by atoms with van der Waals surface area (Å²) >= 11 is 0. The molecule has 1 amide bonds. The molecular formula is C15H22N2O. The summed E-state index contributed by atoms with van der Waals surface area (Å²) in [6.45, 7) is 5.78. The first-order valence-electron chi connectivity index (χ1n) is 6.66. The SMILES string of the molecule is Cc1ccccc1CC(=O)N1CCC(N)C(C)C1. The van der Waals surface area contributed by atoms with Crippen molar-refractivity contribution >= 4 is 5.91 Å². The number of hydrogen-bond donors (Lipinski definition) is 1. The molecule has 3 heteroatoms. The zero-order chi connectivity index (χ0) is 13.1. The highest BCUT2D eigenvalue weighted by atomic mass is 16.2. The van der Waals surface area contributed by atoms with E-state index in [1.54, 1.807) is 0 Å². The van der Waals surface area contributed by atoms with Crippen molar-refractivity contribution < 1.29 is 4.79 Å². The normalized spacial score (nSPS) is 24.1. The van der Waals surface area contributed by atoms with Crippen LogP contribution in [0, 0.1) is 12.8 Å². The van der Waals surface area contributed by atoms with Crippen molar-refractivity contribution in [2.45, 2.75) is 32.7 Å². The van der Waals surface area contributed by atoms with Gasteiger partial charge in [0.2, 0.25) is 5.91 Å². The van der Waals surface area contributed by atoms with E-state index in [0.717, 1.165) is 25.1 Å². The highest BCUT2D eigenvalue weighted by Crippen LogP contribution is 2.17. The molecule has 0 spiro atoms. The number of carbonyl (C=O) groups excluding carboxylic acids is 1. The molecule has 1 aliphatic heterocycles. The summed E-state index contributed by atoms with van der Waals surface area (Å²) in [4.78, 5) is 14.2. The van der Waals surface area contributed by atoms with Crippen molar-refractivity contribution in [3.05, 3.63) is 35.4 Å². The Hall–Kier alpha value is -1.35. The summed E-state index contributed by atoms with van der Waals surface area (Å²) in [5, 5.41) is 0. The molecule has 0 saturated carbocycles. The second-order valence-corrected chi connectivity index (χ2v) is 5.37. The van der Waals surface area contributed by atoms with Gasteiger partial charge in [-0.3, -0.25) is 4.79 Å². The molecule has 1 aromatic rings. The van der Waals surface area contributed by atoms with Crippen molar-refractivity contribution in [3.8, 4) is 0 Å². The van der Waals surface area contributed by atoms with Crippen LogP contribution in [0.1, 0.15) is 24.5 Å². The van der Waals surface area contributed by atoms with Crippen molar-refractivity contribution in [2.24, 2.45) is 11.7 Å². The molecule has 2 unspecified atom stereocenters. The molecule has 2 N–H and O–H groups in total. The zero-order valence-corrected chi connectivity index (χ0v) is 11.2. The molecule has 3 nitrogen and oxygen atoms in total.